The molecule has 2 nitrogen and oxygen atoms in total. The van der Waals surface area contributed by atoms with Crippen LogP contribution in [-0.2, 0) is 4.74 Å². The molecule has 2 rings (SSSR count). The summed E-state index contributed by atoms with van der Waals surface area (Å²) in [5, 5.41) is 0. The number of hydrogen-bond acceptors (Lipinski definition) is 2. The van der Waals surface area contributed by atoms with Crippen LogP contribution in [0.4, 0.5) is 0 Å². The molecular formula is C20H32O2. The summed E-state index contributed by atoms with van der Waals surface area (Å²) >= 11 is 0. The van der Waals surface area contributed by atoms with E-state index in [0.717, 1.165) is 18.8 Å². The fourth-order valence-corrected chi connectivity index (χ4v) is 2.93. The van der Waals surface area contributed by atoms with Crippen LogP contribution < -0.4 is 4.74 Å². The van der Waals surface area contributed by atoms with Gasteiger partial charge in [0.15, 0.2) is 0 Å². The van der Waals surface area contributed by atoms with Gasteiger partial charge in [0, 0.05) is 6.42 Å². The van der Waals surface area contributed by atoms with Gasteiger partial charge in [-0.15, -0.1) is 0 Å². The highest BCUT2D eigenvalue weighted by Crippen LogP contribution is 2.37. The van der Waals surface area contributed by atoms with Gasteiger partial charge in [-0.2, -0.15) is 0 Å². The summed E-state index contributed by atoms with van der Waals surface area (Å²) in [6.45, 7) is 9.46. The van der Waals surface area contributed by atoms with Gasteiger partial charge in [-0.05, 0) is 49.9 Å². The highest BCUT2D eigenvalue weighted by atomic mass is 16.8. The molecule has 1 aromatic carbocycles. The molecule has 0 radical (unpaired) electrons. The Hall–Kier alpha value is -1.02. The summed E-state index contributed by atoms with van der Waals surface area (Å²) in [6, 6.07) is 4.23. The lowest BCUT2D eigenvalue weighted by molar-refractivity contribution is 0.0505. The van der Waals surface area contributed by atoms with Gasteiger partial charge in [-0.3, -0.25) is 0 Å². The molecule has 124 valence electrons. The first kappa shape index (κ1) is 17.3. The minimum absolute atomic E-state index is 0.324. The Morgan fingerprint density at radius 2 is 1.59 bits per heavy atom. The topological polar surface area (TPSA) is 21.8 Å². The van der Waals surface area contributed by atoms with Gasteiger partial charge in [0.25, 0.3) is 0 Å². The van der Waals surface area contributed by atoms with Gasteiger partial charge in [-0.25, -0.2) is 0 Å². The van der Waals surface area contributed by atoms with E-state index in [1.165, 1.54) is 61.6 Å². The molecule has 1 atom stereocenters. The molecule has 1 aliphatic rings. The number of aryl methyl sites for hydroxylation is 1. The Labute approximate surface area is 136 Å². The average molecular weight is 304 g/mol. The first-order valence-corrected chi connectivity index (χ1v) is 8.98. The molecule has 1 saturated heterocycles. The first-order valence-electron chi connectivity index (χ1n) is 8.98. The lowest BCUT2D eigenvalue weighted by Crippen LogP contribution is -2.20. The SMILES string of the molecule is CCCCCCCCCC1(Oc2ccc(C)c(C)c2C)CO1. The zero-order valence-corrected chi connectivity index (χ0v) is 14.8. The number of rotatable bonds is 10. The molecule has 0 aliphatic carbocycles. The molecule has 1 heterocycles. The van der Waals surface area contributed by atoms with E-state index in [4.69, 9.17) is 9.47 Å². The summed E-state index contributed by atoms with van der Waals surface area (Å²) in [6.07, 6.45) is 10.3. The lowest BCUT2D eigenvalue weighted by atomic mass is 10.0. The van der Waals surface area contributed by atoms with Crippen LogP contribution in [-0.4, -0.2) is 12.4 Å². The van der Waals surface area contributed by atoms with E-state index < -0.39 is 0 Å². The maximum absolute atomic E-state index is 6.20. The zero-order chi connectivity index (χ0) is 16.0. The molecule has 1 fully saturated rings. The van der Waals surface area contributed by atoms with Crippen molar-refractivity contribution in [3.8, 4) is 5.75 Å². The summed E-state index contributed by atoms with van der Waals surface area (Å²) < 4.78 is 11.9. The van der Waals surface area contributed by atoms with E-state index in [1.807, 2.05) is 0 Å². The van der Waals surface area contributed by atoms with Crippen LogP contribution in [0, 0.1) is 20.8 Å². The maximum Gasteiger partial charge on any atom is 0.234 e. The van der Waals surface area contributed by atoms with Gasteiger partial charge in [-0.1, -0.05) is 51.5 Å². The standard InChI is InChI=1S/C20H32O2/c1-5-6-7-8-9-10-11-14-20(15-21-20)22-19-13-12-16(2)17(3)18(19)4/h12-13H,5-11,14-15H2,1-4H3. The fourth-order valence-electron chi connectivity index (χ4n) is 2.93. The Balaban J connectivity index is 1.75. The van der Waals surface area contributed by atoms with Crippen LogP contribution in [0.15, 0.2) is 12.1 Å². The van der Waals surface area contributed by atoms with E-state index in [-0.39, 0.29) is 5.79 Å². The molecule has 1 aliphatic heterocycles. The molecule has 0 N–H and O–H groups in total. The van der Waals surface area contributed by atoms with Gasteiger partial charge >= 0.3 is 0 Å². The van der Waals surface area contributed by atoms with Crippen LogP contribution in [0.1, 0.15) is 75.0 Å². The van der Waals surface area contributed by atoms with Crippen molar-refractivity contribution in [3.63, 3.8) is 0 Å². The molecular weight excluding hydrogens is 272 g/mol. The molecule has 0 aromatic heterocycles. The number of unbranched alkanes of at least 4 members (excludes halogenated alkanes) is 6. The third-order valence-electron chi connectivity index (χ3n) is 4.93. The van der Waals surface area contributed by atoms with Crippen molar-refractivity contribution in [1.29, 1.82) is 0 Å². The molecule has 0 bridgehead atoms. The highest BCUT2D eigenvalue weighted by molar-refractivity contribution is 5.43. The number of epoxide rings is 1. The van der Waals surface area contributed by atoms with Gasteiger partial charge in [0.1, 0.15) is 12.4 Å². The first-order chi connectivity index (χ1) is 10.6. The van der Waals surface area contributed by atoms with Crippen LogP contribution in [0.25, 0.3) is 0 Å². The van der Waals surface area contributed by atoms with Crippen molar-refractivity contribution in [2.75, 3.05) is 6.61 Å². The number of ether oxygens (including phenoxy) is 2. The molecule has 0 amide bonds. The smallest absolute Gasteiger partial charge is 0.234 e. The van der Waals surface area contributed by atoms with E-state index in [9.17, 15) is 0 Å². The zero-order valence-electron chi connectivity index (χ0n) is 14.8. The van der Waals surface area contributed by atoms with E-state index >= 15 is 0 Å². The van der Waals surface area contributed by atoms with Crippen molar-refractivity contribution in [2.45, 2.75) is 84.8 Å². The van der Waals surface area contributed by atoms with Crippen LogP contribution in [0.3, 0.4) is 0 Å². The average Bonchev–Trinajstić information content (AvgIpc) is 3.27. The molecule has 1 unspecified atom stereocenters. The monoisotopic (exact) mass is 304 g/mol. The van der Waals surface area contributed by atoms with Crippen molar-refractivity contribution < 1.29 is 9.47 Å². The van der Waals surface area contributed by atoms with Crippen LogP contribution in [0.2, 0.25) is 0 Å². The van der Waals surface area contributed by atoms with Gasteiger partial charge in [0.2, 0.25) is 5.79 Å². The molecule has 2 heteroatoms. The molecule has 1 aromatic rings. The van der Waals surface area contributed by atoms with Crippen LogP contribution in [0.5, 0.6) is 5.75 Å². The minimum Gasteiger partial charge on any atom is -0.460 e. The Bertz CT molecular complexity index is 475. The van der Waals surface area contributed by atoms with Crippen LogP contribution >= 0.6 is 0 Å². The van der Waals surface area contributed by atoms with Crippen molar-refractivity contribution in [2.24, 2.45) is 0 Å². The molecule has 0 saturated carbocycles. The second-order valence-electron chi connectivity index (χ2n) is 6.80. The maximum atomic E-state index is 6.20. The number of hydrogen-bond donors (Lipinski definition) is 0. The van der Waals surface area contributed by atoms with Crippen molar-refractivity contribution in [3.05, 3.63) is 28.8 Å². The highest BCUT2D eigenvalue weighted by Gasteiger charge is 2.47. The van der Waals surface area contributed by atoms with E-state index in [0.29, 0.717) is 0 Å². The Kier molecular flexibility index (Phi) is 6.31. The molecule has 0 spiro atoms. The van der Waals surface area contributed by atoms with E-state index in [1.54, 1.807) is 0 Å². The fraction of sp³-hybridized carbons (Fsp3) is 0.700. The Morgan fingerprint density at radius 1 is 0.955 bits per heavy atom. The summed E-state index contributed by atoms with van der Waals surface area (Å²) in [5.74, 6) is 0.666. The molecule has 22 heavy (non-hydrogen) atoms. The minimum atomic E-state index is -0.324. The third kappa shape index (κ3) is 4.74. The van der Waals surface area contributed by atoms with E-state index in [2.05, 4.69) is 39.8 Å². The third-order valence-corrected chi connectivity index (χ3v) is 4.93. The summed E-state index contributed by atoms with van der Waals surface area (Å²) in [4.78, 5) is 0. The summed E-state index contributed by atoms with van der Waals surface area (Å²) in [5.41, 5.74) is 3.89. The Morgan fingerprint density at radius 3 is 2.23 bits per heavy atom. The largest absolute Gasteiger partial charge is 0.460 e. The van der Waals surface area contributed by atoms with Gasteiger partial charge < -0.3 is 9.47 Å². The lowest BCUT2D eigenvalue weighted by Gasteiger charge is -2.18. The second-order valence-corrected chi connectivity index (χ2v) is 6.80. The predicted molar refractivity (Wildman–Crippen MR) is 92.6 cm³/mol. The van der Waals surface area contributed by atoms with Gasteiger partial charge in [0.05, 0.1) is 0 Å². The second kappa shape index (κ2) is 8.01. The normalized spacial score (nSPS) is 20.2. The van der Waals surface area contributed by atoms with Crippen molar-refractivity contribution in [1.82, 2.24) is 0 Å². The predicted octanol–water partition coefficient (Wildman–Crippen LogP) is 5.86. The number of benzene rings is 1. The van der Waals surface area contributed by atoms with Crippen molar-refractivity contribution >= 4 is 0 Å². The quantitative estimate of drug-likeness (QED) is 0.399. The summed E-state index contributed by atoms with van der Waals surface area (Å²) in [7, 11) is 0.